The van der Waals surface area contributed by atoms with E-state index in [0.29, 0.717) is 31.7 Å². The van der Waals surface area contributed by atoms with Crippen LogP contribution in [0, 0.1) is 0 Å². The zero-order valence-corrected chi connectivity index (χ0v) is 14.0. The Morgan fingerprint density at radius 1 is 1.22 bits per heavy atom. The SMILES string of the molecule is CC[C@@H](NCCOC)c1nc2ccccc2c(=O)n1CCOC. The summed E-state index contributed by atoms with van der Waals surface area (Å²) in [7, 11) is 3.30. The van der Waals surface area contributed by atoms with Crippen LogP contribution in [0.25, 0.3) is 10.9 Å². The summed E-state index contributed by atoms with van der Waals surface area (Å²) >= 11 is 0. The van der Waals surface area contributed by atoms with E-state index in [4.69, 9.17) is 14.5 Å². The van der Waals surface area contributed by atoms with E-state index in [1.54, 1.807) is 18.8 Å². The van der Waals surface area contributed by atoms with Gasteiger partial charge in [-0.1, -0.05) is 19.1 Å². The molecule has 6 nitrogen and oxygen atoms in total. The predicted molar refractivity (Wildman–Crippen MR) is 90.8 cm³/mol. The first-order valence-electron chi connectivity index (χ1n) is 7.93. The minimum atomic E-state index is -0.0189. The van der Waals surface area contributed by atoms with Crippen LogP contribution >= 0.6 is 0 Å². The van der Waals surface area contributed by atoms with Crippen molar-refractivity contribution in [2.24, 2.45) is 0 Å². The largest absolute Gasteiger partial charge is 0.383 e. The Bertz CT molecular complexity index is 684. The number of nitrogens with one attached hydrogen (secondary N) is 1. The molecular weight excluding hydrogens is 294 g/mol. The minimum absolute atomic E-state index is 0.000637. The van der Waals surface area contributed by atoms with Crippen molar-refractivity contribution < 1.29 is 9.47 Å². The minimum Gasteiger partial charge on any atom is -0.383 e. The summed E-state index contributed by atoms with van der Waals surface area (Å²) in [5, 5.41) is 4.05. The molecule has 0 fully saturated rings. The lowest BCUT2D eigenvalue weighted by Gasteiger charge is -2.21. The smallest absolute Gasteiger partial charge is 0.261 e. The molecule has 2 aromatic rings. The van der Waals surface area contributed by atoms with E-state index in [1.807, 2.05) is 24.3 Å². The van der Waals surface area contributed by atoms with Gasteiger partial charge in [0.1, 0.15) is 5.82 Å². The number of para-hydroxylation sites is 1. The maximum atomic E-state index is 12.8. The maximum absolute atomic E-state index is 12.8. The van der Waals surface area contributed by atoms with E-state index in [9.17, 15) is 4.79 Å². The van der Waals surface area contributed by atoms with Crippen molar-refractivity contribution in [3.8, 4) is 0 Å². The Hall–Kier alpha value is -1.76. The third kappa shape index (κ3) is 4.16. The number of benzene rings is 1. The van der Waals surface area contributed by atoms with Gasteiger partial charge in [-0.2, -0.15) is 0 Å². The first-order valence-corrected chi connectivity index (χ1v) is 7.93. The number of aromatic nitrogens is 2. The predicted octanol–water partition coefficient (Wildman–Crippen LogP) is 1.73. The fourth-order valence-corrected chi connectivity index (χ4v) is 2.60. The molecule has 1 aromatic heterocycles. The number of hydrogen-bond acceptors (Lipinski definition) is 5. The number of hydrogen-bond donors (Lipinski definition) is 1. The summed E-state index contributed by atoms with van der Waals surface area (Å²) in [6.07, 6.45) is 0.835. The molecule has 1 heterocycles. The highest BCUT2D eigenvalue weighted by atomic mass is 16.5. The second kappa shape index (κ2) is 8.76. The van der Waals surface area contributed by atoms with Crippen LogP contribution in [0.15, 0.2) is 29.1 Å². The summed E-state index contributed by atoms with van der Waals surface area (Å²) in [5.74, 6) is 0.754. The average Bonchev–Trinajstić information content (AvgIpc) is 2.58. The number of methoxy groups -OCH3 is 2. The average molecular weight is 319 g/mol. The monoisotopic (exact) mass is 319 g/mol. The van der Waals surface area contributed by atoms with E-state index in [0.717, 1.165) is 17.8 Å². The fourth-order valence-electron chi connectivity index (χ4n) is 2.60. The zero-order valence-electron chi connectivity index (χ0n) is 14.0. The molecule has 23 heavy (non-hydrogen) atoms. The van der Waals surface area contributed by atoms with Gasteiger partial charge in [0.25, 0.3) is 5.56 Å². The summed E-state index contributed by atoms with van der Waals surface area (Å²) in [5.41, 5.74) is 0.711. The zero-order chi connectivity index (χ0) is 16.7. The molecule has 1 aromatic carbocycles. The summed E-state index contributed by atoms with van der Waals surface area (Å²) in [4.78, 5) is 17.6. The second-order valence-electron chi connectivity index (χ2n) is 5.34. The van der Waals surface area contributed by atoms with Crippen LogP contribution in [0.3, 0.4) is 0 Å². The Morgan fingerprint density at radius 3 is 2.65 bits per heavy atom. The van der Waals surface area contributed by atoms with Crippen LogP contribution in [0.2, 0.25) is 0 Å². The standard InChI is InChI=1S/C17H25N3O3/c1-4-14(18-9-11-22-2)16-19-15-8-6-5-7-13(15)17(21)20(16)10-12-23-3/h5-8,14,18H,4,9-12H2,1-3H3/t14-/m1/s1. The van der Waals surface area contributed by atoms with Crippen LogP contribution in [-0.4, -0.2) is 43.5 Å². The van der Waals surface area contributed by atoms with E-state index >= 15 is 0 Å². The third-order valence-electron chi connectivity index (χ3n) is 3.83. The Labute approximate surface area is 136 Å². The second-order valence-corrected chi connectivity index (χ2v) is 5.34. The molecule has 6 heteroatoms. The number of rotatable bonds is 9. The lowest BCUT2D eigenvalue weighted by atomic mass is 10.1. The molecule has 0 saturated carbocycles. The van der Waals surface area contributed by atoms with Gasteiger partial charge in [-0.15, -0.1) is 0 Å². The van der Waals surface area contributed by atoms with Crippen LogP contribution < -0.4 is 10.9 Å². The molecule has 2 rings (SSSR count). The van der Waals surface area contributed by atoms with Gasteiger partial charge in [0.15, 0.2) is 0 Å². The lowest BCUT2D eigenvalue weighted by molar-refractivity contribution is 0.182. The van der Waals surface area contributed by atoms with Crippen molar-refractivity contribution in [1.29, 1.82) is 0 Å². The molecule has 1 atom stereocenters. The van der Waals surface area contributed by atoms with Crippen molar-refractivity contribution >= 4 is 10.9 Å². The van der Waals surface area contributed by atoms with E-state index in [-0.39, 0.29) is 11.6 Å². The first kappa shape index (κ1) is 17.6. The van der Waals surface area contributed by atoms with Gasteiger partial charge in [0, 0.05) is 20.8 Å². The van der Waals surface area contributed by atoms with Crippen molar-refractivity contribution in [2.45, 2.75) is 25.9 Å². The molecule has 126 valence electrons. The van der Waals surface area contributed by atoms with Crippen molar-refractivity contribution in [2.75, 3.05) is 34.0 Å². The van der Waals surface area contributed by atoms with Crippen LogP contribution in [0.5, 0.6) is 0 Å². The Kier molecular flexibility index (Phi) is 6.70. The van der Waals surface area contributed by atoms with Crippen LogP contribution in [-0.2, 0) is 16.0 Å². The fraction of sp³-hybridized carbons (Fsp3) is 0.529. The van der Waals surface area contributed by atoms with Gasteiger partial charge in [-0.05, 0) is 18.6 Å². The highest BCUT2D eigenvalue weighted by Crippen LogP contribution is 2.16. The molecule has 0 bridgehead atoms. The van der Waals surface area contributed by atoms with Gasteiger partial charge in [-0.25, -0.2) is 4.98 Å². The topological polar surface area (TPSA) is 65.4 Å². The van der Waals surface area contributed by atoms with E-state index in [2.05, 4.69) is 12.2 Å². The maximum Gasteiger partial charge on any atom is 0.261 e. The van der Waals surface area contributed by atoms with E-state index < -0.39 is 0 Å². The van der Waals surface area contributed by atoms with Crippen LogP contribution in [0.1, 0.15) is 25.2 Å². The number of nitrogens with zero attached hydrogens (tertiary/aromatic N) is 2. The van der Waals surface area contributed by atoms with Crippen molar-refractivity contribution in [1.82, 2.24) is 14.9 Å². The summed E-state index contributed by atoms with van der Waals surface area (Å²) in [6.45, 7) is 4.37. The third-order valence-corrected chi connectivity index (χ3v) is 3.83. The summed E-state index contributed by atoms with van der Waals surface area (Å²) in [6, 6.07) is 7.45. The van der Waals surface area contributed by atoms with Gasteiger partial charge in [0.2, 0.25) is 0 Å². The Morgan fingerprint density at radius 2 is 1.96 bits per heavy atom. The highest BCUT2D eigenvalue weighted by molar-refractivity contribution is 5.77. The van der Waals surface area contributed by atoms with Gasteiger partial charge in [-0.3, -0.25) is 9.36 Å². The molecule has 0 spiro atoms. The molecule has 0 unspecified atom stereocenters. The van der Waals surface area contributed by atoms with Gasteiger partial charge in [0.05, 0.1) is 36.7 Å². The van der Waals surface area contributed by atoms with Crippen molar-refractivity contribution in [3.63, 3.8) is 0 Å². The van der Waals surface area contributed by atoms with Gasteiger partial charge >= 0.3 is 0 Å². The molecule has 0 amide bonds. The van der Waals surface area contributed by atoms with Crippen molar-refractivity contribution in [3.05, 3.63) is 40.4 Å². The van der Waals surface area contributed by atoms with E-state index in [1.165, 1.54) is 0 Å². The molecule has 0 aliphatic rings. The number of ether oxygens (including phenoxy) is 2. The number of fused-ring (bicyclic) bond motifs is 1. The molecule has 0 aliphatic heterocycles. The van der Waals surface area contributed by atoms with Crippen LogP contribution in [0.4, 0.5) is 0 Å². The van der Waals surface area contributed by atoms with Gasteiger partial charge < -0.3 is 14.8 Å². The quantitative estimate of drug-likeness (QED) is 0.713. The molecule has 1 N–H and O–H groups in total. The molecule has 0 saturated heterocycles. The molecular formula is C17H25N3O3. The molecule has 0 radical (unpaired) electrons. The molecule has 0 aliphatic carbocycles. The highest BCUT2D eigenvalue weighted by Gasteiger charge is 2.18. The normalized spacial score (nSPS) is 12.7. The first-order chi connectivity index (χ1) is 11.2. The lowest BCUT2D eigenvalue weighted by Crippen LogP contribution is -2.34. The summed E-state index contributed by atoms with van der Waals surface area (Å²) < 4.78 is 12.0. The Balaban J connectivity index is 2.47.